The lowest BCUT2D eigenvalue weighted by molar-refractivity contribution is 0.0930. The molecule has 0 saturated carbocycles. The van der Waals surface area contributed by atoms with Gasteiger partial charge in [-0.05, 0) is 42.0 Å². The number of hydrogen-bond acceptors (Lipinski definition) is 4. The molecular weight excluding hydrogens is 486 g/mol. The summed E-state index contributed by atoms with van der Waals surface area (Å²) >= 11 is 0. The summed E-state index contributed by atoms with van der Waals surface area (Å²) < 4.78 is 4.14. The molecule has 0 radical (unpaired) electrons. The summed E-state index contributed by atoms with van der Waals surface area (Å²) in [6.07, 6.45) is 8.80. The van der Waals surface area contributed by atoms with Gasteiger partial charge in [-0.25, -0.2) is 9.97 Å². The molecule has 39 heavy (non-hydrogen) atoms. The van der Waals surface area contributed by atoms with Gasteiger partial charge in [-0.2, -0.15) is 0 Å². The van der Waals surface area contributed by atoms with Crippen molar-refractivity contribution >= 4 is 16.8 Å². The van der Waals surface area contributed by atoms with E-state index in [9.17, 15) is 4.79 Å². The predicted molar refractivity (Wildman–Crippen MR) is 152 cm³/mol. The van der Waals surface area contributed by atoms with Crippen LogP contribution in [0.25, 0.3) is 27.8 Å². The van der Waals surface area contributed by atoms with Gasteiger partial charge in [0.2, 0.25) is 0 Å². The number of aromatic nitrogens is 6. The number of aryl methyl sites for hydroxylation is 1. The Bertz CT molecular complexity index is 1700. The topological polar surface area (TPSA) is 93.4 Å². The van der Waals surface area contributed by atoms with Gasteiger partial charge in [0, 0.05) is 60.8 Å². The molecule has 4 heterocycles. The Balaban J connectivity index is 1.30. The molecule has 0 bridgehead atoms. The maximum Gasteiger partial charge on any atom is 0.268 e. The van der Waals surface area contributed by atoms with Crippen molar-refractivity contribution in [2.45, 2.75) is 25.8 Å². The van der Waals surface area contributed by atoms with Crippen LogP contribution in [-0.4, -0.2) is 35.0 Å². The van der Waals surface area contributed by atoms with E-state index in [4.69, 9.17) is 4.98 Å². The quantitative estimate of drug-likeness (QED) is 0.283. The monoisotopic (exact) mass is 515 g/mol. The normalized spacial score (nSPS) is 12.1. The molecule has 2 aromatic carbocycles. The van der Waals surface area contributed by atoms with Crippen molar-refractivity contribution in [1.29, 1.82) is 0 Å². The fraction of sp³-hybridized carbons (Fsp3) is 0.161. The van der Waals surface area contributed by atoms with Crippen LogP contribution in [0.5, 0.6) is 0 Å². The average Bonchev–Trinajstić information content (AvgIpc) is 3.71. The van der Waals surface area contributed by atoms with Gasteiger partial charge >= 0.3 is 0 Å². The zero-order chi connectivity index (χ0) is 26.8. The summed E-state index contributed by atoms with van der Waals surface area (Å²) in [6, 6.07) is 23.5. The van der Waals surface area contributed by atoms with Gasteiger partial charge in [-0.3, -0.25) is 9.78 Å². The van der Waals surface area contributed by atoms with E-state index >= 15 is 0 Å². The number of hydrogen-bond donors (Lipinski definition) is 2. The van der Waals surface area contributed by atoms with Crippen LogP contribution in [0.4, 0.5) is 0 Å². The number of aromatic amines is 1. The van der Waals surface area contributed by atoms with Gasteiger partial charge in [-0.1, -0.05) is 43.3 Å². The number of nitrogens with one attached hydrogen (secondary N) is 2. The van der Waals surface area contributed by atoms with Crippen LogP contribution in [0.15, 0.2) is 97.6 Å². The molecule has 0 fully saturated rings. The number of amides is 1. The second kappa shape index (κ2) is 10.4. The minimum atomic E-state index is -0.380. The van der Waals surface area contributed by atoms with E-state index in [0.717, 1.165) is 51.6 Å². The van der Waals surface area contributed by atoms with E-state index in [1.165, 1.54) is 0 Å². The summed E-state index contributed by atoms with van der Waals surface area (Å²) in [7, 11) is 1.98. The molecule has 1 atom stereocenters. The van der Waals surface area contributed by atoms with Crippen molar-refractivity contribution < 1.29 is 4.79 Å². The van der Waals surface area contributed by atoms with Gasteiger partial charge in [0.25, 0.3) is 5.91 Å². The van der Waals surface area contributed by atoms with Crippen molar-refractivity contribution in [2.24, 2.45) is 7.05 Å². The first kappa shape index (κ1) is 24.4. The van der Waals surface area contributed by atoms with Gasteiger partial charge in [0.1, 0.15) is 17.3 Å². The number of imidazole rings is 2. The molecule has 1 amide bonds. The van der Waals surface area contributed by atoms with E-state index in [-0.39, 0.29) is 11.9 Å². The Morgan fingerprint density at radius 3 is 2.56 bits per heavy atom. The Kier molecular flexibility index (Phi) is 6.50. The first-order valence-electron chi connectivity index (χ1n) is 13.0. The molecule has 0 saturated heterocycles. The van der Waals surface area contributed by atoms with Crippen LogP contribution in [0.3, 0.4) is 0 Å². The molecule has 8 heteroatoms. The van der Waals surface area contributed by atoms with E-state index < -0.39 is 0 Å². The third-order valence-corrected chi connectivity index (χ3v) is 7.03. The standard InChI is InChI=1S/C31H29N7O/c1-3-29-33-16-17-38(29)24-13-11-21(12-14-24)28-20-34-30(37(28)2)26(19-23-9-6-7-15-32-23)36-31(39)27-18-22-8-4-5-10-25(22)35-27/h4-18,20,26,35H,3,19H2,1-2H3,(H,36,39). The maximum absolute atomic E-state index is 13.4. The lowest BCUT2D eigenvalue weighted by Gasteiger charge is -2.19. The first-order valence-corrected chi connectivity index (χ1v) is 13.0. The lowest BCUT2D eigenvalue weighted by atomic mass is 10.1. The van der Waals surface area contributed by atoms with Gasteiger partial charge in [0.05, 0.1) is 17.9 Å². The van der Waals surface area contributed by atoms with Crippen LogP contribution >= 0.6 is 0 Å². The Labute approximate surface area is 226 Å². The van der Waals surface area contributed by atoms with Gasteiger partial charge in [-0.15, -0.1) is 0 Å². The zero-order valence-electron chi connectivity index (χ0n) is 21.9. The minimum absolute atomic E-state index is 0.187. The Morgan fingerprint density at radius 2 is 1.79 bits per heavy atom. The Morgan fingerprint density at radius 1 is 0.974 bits per heavy atom. The Hall–Kier alpha value is -4.98. The fourth-order valence-electron chi connectivity index (χ4n) is 5.01. The molecule has 1 unspecified atom stereocenters. The second-order valence-corrected chi connectivity index (χ2v) is 9.50. The highest BCUT2D eigenvalue weighted by Gasteiger charge is 2.23. The zero-order valence-corrected chi connectivity index (χ0v) is 21.9. The van der Waals surface area contributed by atoms with E-state index in [1.54, 1.807) is 6.20 Å². The van der Waals surface area contributed by atoms with Crippen molar-refractivity contribution in [3.8, 4) is 16.9 Å². The molecule has 4 aromatic heterocycles. The summed E-state index contributed by atoms with van der Waals surface area (Å²) in [5.74, 6) is 1.59. The van der Waals surface area contributed by atoms with Crippen LogP contribution in [-0.2, 0) is 19.9 Å². The molecule has 2 N–H and O–H groups in total. The molecular formula is C31H29N7O. The van der Waals surface area contributed by atoms with Crippen LogP contribution in [0.2, 0.25) is 0 Å². The maximum atomic E-state index is 13.4. The molecule has 6 aromatic rings. The largest absolute Gasteiger partial charge is 0.351 e. The average molecular weight is 516 g/mol. The smallest absolute Gasteiger partial charge is 0.268 e. The second-order valence-electron chi connectivity index (χ2n) is 9.50. The fourth-order valence-corrected chi connectivity index (χ4v) is 5.01. The number of benzene rings is 2. The van der Waals surface area contributed by atoms with E-state index in [2.05, 4.69) is 56.0 Å². The van der Waals surface area contributed by atoms with Gasteiger partial charge < -0.3 is 19.4 Å². The molecule has 6 rings (SSSR count). The number of rotatable bonds is 8. The molecule has 194 valence electrons. The van der Waals surface area contributed by atoms with Crippen molar-refractivity contribution in [3.05, 3.63) is 121 Å². The number of H-pyrrole nitrogens is 1. The van der Waals surface area contributed by atoms with Crippen LogP contribution in [0, 0.1) is 0 Å². The number of para-hydroxylation sites is 1. The molecule has 0 aliphatic carbocycles. The number of nitrogens with zero attached hydrogens (tertiary/aromatic N) is 5. The first-order chi connectivity index (χ1) is 19.1. The summed E-state index contributed by atoms with van der Waals surface area (Å²) in [5, 5.41) is 4.20. The van der Waals surface area contributed by atoms with Gasteiger partial charge in [0.15, 0.2) is 0 Å². The SMILES string of the molecule is CCc1nccn1-c1ccc(-c2cnc(C(Cc3ccccn3)NC(=O)c3cc4ccccc4[nH]3)n2C)cc1. The van der Waals surface area contributed by atoms with Crippen molar-refractivity contribution in [3.63, 3.8) is 0 Å². The third kappa shape index (κ3) is 4.84. The van der Waals surface area contributed by atoms with Crippen LogP contribution < -0.4 is 5.32 Å². The molecule has 8 nitrogen and oxygen atoms in total. The summed E-state index contributed by atoms with van der Waals surface area (Å²) in [6.45, 7) is 2.10. The number of pyridine rings is 1. The lowest BCUT2D eigenvalue weighted by Crippen LogP contribution is -2.32. The van der Waals surface area contributed by atoms with Crippen molar-refractivity contribution in [2.75, 3.05) is 0 Å². The molecule has 0 aliphatic heterocycles. The van der Waals surface area contributed by atoms with E-state index in [0.29, 0.717) is 12.1 Å². The summed E-state index contributed by atoms with van der Waals surface area (Å²) in [5.41, 5.74) is 5.38. The highest BCUT2D eigenvalue weighted by atomic mass is 16.2. The number of carbonyl (C=O) groups excluding carboxylic acids is 1. The minimum Gasteiger partial charge on any atom is -0.351 e. The molecule has 0 spiro atoms. The van der Waals surface area contributed by atoms with E-state index in [1.807, 2.05) is 78.7 Å². The highest BCUT2D eigenvalue weighted by Crippen LogP contribution is 2.26. The third-order valence-electron chi connectivity index (χ3n) is 7.03. The predicted octanol–water partition coefficient (Wildman–Crippen LogP) is 5.43. The summed E-state index contributed by atoms with van der Waals surface area (Å²) in [4.78, 5) is 30.3. The highest BCUT2D eigenvalue weighted by molar-refractivity contribution is 5.98. The number of carbonyl (C=O) groups is 1. The molecule has 0 aliphatic rings. The number of fused-ring (bicyclic) bond motifs is 1. The van der Waals surface area contributed by atoms with Crippen LogP contribution in [0.1, 0.15) is 40.8 Å². The van der Waals surface area contributed by atoms with Crippen molar-refractivity contribution in [1.82, 2.24) is 34.4 Å².